The van der Waals surface area contributed by atoms with Gasteiger partial charge in [-0.1, -0.05) is 6.07 Å². The maximum Gasteiger partial charge on any atom is 0.349 e. The summed E-state index contributed by atoms with van der Waals surface area (Å²) in [6, 6.07) is 7.51. The van der Waals surface area contributed by atoms with E-state index in [0.29, 0.717) is 5.39 Å². The number of carbonyl (C=O) groups is 2. The number of ether oxygens (including phenoxy) is 1. The molecule has 0 aliphatic heterocycles. The van der Waals surface area contributed by atoms with Crippen LogP contribution in [0.2, 0.25) is 0 Å². The molecule has 2 heterocycles. The van der Waals surface area contributed by atoms with Crippen LogP contribution < -0.4 is 4.74 Å². The Morgan fingerprint density at radius 3 is 2.59 bits per heavy atom. The molecule has 0 saturated heterocycles. The highest BCUT2D eigenvalue weighted by atomic mass is 32.1. The molecule has 2 N–H and O–H groups in total. The lowest BCUT2D eigenvalue weighted by atomic mass is 10.1. The zero-order valence-corrected chi connectivity index (χ0v) is 12.7. The minimum Gasteiger partial charge on any atom is -0.479 e. The fraction of sp³-hybridized carbons (Fsp3) is 0.0667. The summed E-state index contributed by atoms with van der Waals surface area (Å²) in [6.07, 6.45) is 0. The van der Waals surface area contributed by atoms with Crippen molar-refractivity contribution in [1.82, 2.24) is 0 Å². The molecule has 0 bridgehead atoms. The summed E-state index contributed by atoms with van der Waals surface area (Å²) >= 11 is 2.66. The number of carboxylic acids is 2. The first-order valence-electron chi connectivity index (χ1n) is 6.23. The lowest BCUT2D eigenvalue weighted by Gasteiger charge is -2.03. The molecule has 0 aliphatic carbocycles. The van der Waals surface area contributed by atoms with E-state index >= 15 is 0 Å². The second kappa shape index (κ2) is 5.78. The van der Waals surface area contributed by atoms with Crippen molar-refractivity contribution in [2.45, 2.75) is 0 Å². The number of carboxylic acid groups (broad SMARTS) is 2. The van der Waals surface area contributed by atoms with Gasteiger partial charge in [-0.3, -0.25) is 0 Å². The van der Waals surface area contributed by atoms with E-state index < -0.39 is 18.5 Å². The van der Waals surface area contributed by atoms with Crippen LogP contribution in [0.4, 0.5) is 0 Å². The Hall–Kier alpha value is -2.38. The zero-order chi connectivity index (χ0) is 15.7. The minimum atomic E-state index is -1.15. The highest BCUT2D eigenvalue weighted by Gasteiger charge is 2.20. The third kappa shape index (κ3) is 2.68. The van der Waals surface area contributed by atoms with Crippen molar-refractivity contribution in [3.05, 3.63) is 39.9 Å². The van der Waals surface area contributed by atoms with Gasteiger partial charge in [-0.2, -0.15) is 11.3 Å². The maximum absolute atomic E-state index is 11.3. The molecule has 5 nitrogen and oxygen atoms in total. The van der Waals surface area contributed by atoms with Crippen molar-refractivity contribution in [1.29, 1.82) is 0 Å². The summed E-state index contributed by atoms with van der Waals surface area (Å²) in [7, 11) is 0. The van der Waals surface area contributed by atoms with Crippen molar-refractivity contribution in [2.24, 2.45) is 0 Å². The summed E-state index contributed by atoms with van der Waals surface area (Å²) in [5, 5.41) is 22.6. The fourth-order valence-electron chi connectivity index (χ4n) is 2.10. The molecule has 112 valence electrons. The number of rotatable bonds is 5. The van der Waals surface area contributed by atoms with Gasteiger partial charge in [0, 0.05) is 10.1 Å². The van der Waals surface area contributed by atoms with Gasteiger partial charge in [-0.25, -0.2) is 9.59 Å². The number of hydrogen-bond donors (Lipinski definition) is 2. The van der Waals surface area contributed by atoms with Crippen molar-refractivity contribution in [3.63, 3.8) is 0 Å². The minimum absolute atomic E-state index is 0.0127. The summed E-state index contributed by atoms with van der Waals surface area (Å²) in [6.45, 7) is -0.571. The third-order valence-corrected chi connectivity index (χ3v) is 4.84. The van der Waals surface area contributed by atoms with E-state index in [1.54, 1.807) is 17.4 Å². The van der Waals surface area contributed by atoms with Crippen LogP contribution in [0.15, 0.2) is 35.0 Å². The Morgan fingerprint density at radius 1 is 1.14 bits per heavy atom. The van der Waals surface area contributed by atoms with Gasteiger partial charge in [0.1, 0.15) is 0 Å². The van der Waals surface area contributed by atoms with E-state index in [9.17, 15) is 14.7 Å². The van der Waals surface area contributed by atoms with E-state index in [2.05, 4.69) is 0 Å². The number of thiophene rings is 2. The molecule has 0 aliphatic rings. The molecule has 3 rings (SSSR count). The summed E-state index contributed by atoms with van der Waals surface area (Å²) in [5.41, 5.74) is 2.04. The number of aliphatic carboxylic acids is 1. The molecule has 0 saturated carbocycles. The predicted octanol–water partition coefficient (Wildman–Crippen LogP) is 3.79. The molecular weight excluding hydrogens is 324 g/mol. The van der Waals surface area contributed by atoms with Gasteiger partial charge in [0.05, 0.1) is 0 Å². The highest BCUT2D eigenvalue weighted by molar-refractivity contribution is 7.21. The largest absolute Gasteiger partial charge is 0.479 e. The molecule has 0 unspecified atom stereocenters. The summed E-state index contributed by atoms with van der Waals surface area (Å²) < 4.78 is 5.93. The van der Waals surface area contributed by atoms with Gasteiger partial charge in [-0.15, -0.1) is 11.3 Å². The normalized spacial score (nSPS) is 10.7. The second-order valence-corrected chi connectivity index (χ2v) is 6.30. The number of benzene rings is 1. The molecule has 0 atom stereocenters. The number of hydrogen-bond acceptors (Lipinski definition) is 5. The monoisotopic (exact) mass is 334 g/mol. The highest BCUT2D eigenvalue weighted by Crippen LogP contribution is 2.40. The van der Waals surface area contributed by atoms with Crippen LogP contribution in [0.1, 0.15) is 9.67 Å². The maximum atomic E-state index is 11.3. The Bertz CT molecular complexity index is 848. The molecule has 0 amide bonds. The van der Waals surface area contributed by atoms with Crippen LogP contribution in [-0.4, -0.2) is 28.8 Å². The van der Waals surface area contributed by atoms with Gasteiger partial charge in [-0.05, 0) is 40.1 Å². The lowest BCUT2D eigenvalue weighted by Crippen LogP contribution is -2.10. The zero-order valence-electron chi connectivity index (χ0n) is 11.1. The smallest absolute Gasteiger partial charge is 0.349 e. The van der Waals surface area contributed by atoms with Crippen molar-refractivity contribution in [3.8, 4) is 16.9 Å². The van der Waals surface area contributed by atoms with Gasteiger partial charge in [0.15, 0.2) is 17.2 Å². The van der Waals surface area contributed by atoms with E-state index in [-0.39, 0.29) is 10.6 Å². The molecular formula is C15H10O5S2. The molecule has 1 aromatic carbocycles. The fourth-order valence-corrected chi connectivity index (χ4v) is 3.79. The summed E-state index contributed by atoms with van der Waals surface area (Å²) in [4.78, 5) is 22.0. The first-order valence-corrected chi connectivity index (χ1v) is 7.99. The standard InChI is InChI=1S/C15H10O5S2/c16-12(17)6-20-13-10-2-1-8(9-3-4-21-7-9)5-11(10)22-14(13)15(18)19/h1-5,7H,6H2,(H,16,17)(H,18,19). The van der Waals surface area contributed by atoms with Crippen molar-refractivity contribution >= 4 is 44.7 Å². The van der Waals surface area contributed by atoms with Crippen LogP contribution in [0.5, 0.6) is 5.75 Å². The second-order valence-electron chi connectivity index (χ2n) is 4.47. The Labute approximate surface area is 133 Å². The van der Waals surface area contributed by atoms with Gasteiger partial charge in [0.25, 0.3) is 0 Å². The molecule has 2 aromatic heterocycles. The first kappa shape index (κ1) is 14.6. The number of fused-ring (bicyclic) bond motifs is 1. The van der Waals surface area contributed by atoms with Crippen molar-refractivity contribution in [2.75, 3.05) is 6.61 Å². The van der Waals surface area contributed by atoms with Crippen molar-refractivity contribution < 1.29 is 24.5 Å². The summed E-state index contributed by atoms with van der Waals surface area (Å²) in [5.74, 6) is -2.16. The quantitative estimate of drug-likeness (QED) is 0.741. The van der Waals surface area contributed by atoms with Crippen LogP contribution >= 0.6 is 22.7 Å². The molecule has 0 radical (unpaired) electrons. The average molecular weight is 334 g/mol. The van der Waals surface area contributed by atoms with E-state index in [0.717, 1.165) is 27.2 Å². The van der Waals surface area contributed by atoms with E-state index in [1.165, 1.54) is 0 Å². The Morgan fingerprint density at radius 2 is 1.95 bits per heavy atom. The molecule has 3 aromatic rings. The Balaban J connectivity index is 2.10. The Kier molecular flexibility index (Phi) is 3.82. The van der Waals surface area contributed by atoms with Gasteiger partial charge >= 0.3 is 11.9 Å². The average Bonchev–Trinajstić information content (AvgIpc) is 3.12. The van der Waals surface area contributed by atoms with Crippen LogP contribution in [-0.2, 0) is 4.79 Å². The predicted molar refractivity (Wildman–Crippen MR) is 85.2 cm³/mol. The molecule has 22 heavy (non-hydrogen) atoms. The SMILES string of the molecule is O=C(O)COc1c(C(=O)O)sc2cc(-c3ccsc3)ccc12. The lowest BCUT2D eigenvalue weighted by molar-refractivity contribution is -0.139. The number of aromatic carboxylic acids is 1. The third-order valence-electron chi connectivity index (χ3n) is 3.03. The van der Waals surface area contributed by atoms with E-state index in [1.807, 2.05) is 29.0 Å². The topological polar surface area (TPSA) is 83.8 Å². The van der Waals surface area contributed by atoms with Gasteiger partial charge < -0.3 is 14.9 Å². The first-order chi connectivity index (χ1) is 10.6. The van der Waals surface area contributed by atoms with Crippen LogP contribution in [0, 0.1) is 0 Å². The molecule has 0 spiro atoms. The van der Waals surface area contributed by atoms with Crippen LogP contribution in [0.3, 0.4) is 0 Å². The van der Waals surface area contributed by atoms with Gasteiger partial charge in [0.2, 0.25) is 0 Å². The van der Waals surface area contributed by atoms with Crippen LogP contribution in [0.25, 0.3) is 21.2 Å². The molecule has 0 fully saturated rings. The molecule has 7 heteroatoms. The van der Waals surface area contributed by atoms with E-state index in [4.69, 9.17) is 9.84 Å².